The monoisotopic (exact) mass is 256 g/mol. The molecule has 1 heterocycles. The molecule has 2 atom stereocenters. The SMILES string of the molecule is C=C(C)C(=O)OC(C)C1(C)CCC[Si](C)(C)O1. The molecular formula is C13H24O3Si. The summed E-state index contributed by atoms with van der Waals surface area (Å²) in [6.45, 7) is 13.7. The number of rotatable bonds is 3. The molecule has 0 spiro atoms. The molecule has 1 saturated heterocycles. The topological polar surface area (TPSA) is 35.5 Å². The molecule has 1 aliphatic rings. The first-order valence-electron chi connectivity index (χ1n) is 6.23. The van der Waals surface area contributed by atoms with E-state index in [0.29, 0.717) is 5.57 Å². The van der Waals surface area contributed by atoms with Crippen LogP contribution in [-0.4, -0.2) is 26.0 Å². The number of hydrogen-bond acceptors (Lipinski definition) is 3. The fraction of sp³-hybridized carbons (Fsp3) is 0.769. The van der Waals surface area contributed by atoms with E-state index in [4.69, 9.17) is 9.16 Å². The molecule has 0 aromatic rings. The standard InChI is InChI=1S/C13H24O3Si/c1-10(2)12(14)15-11(3)13(4)8-7-9-17(5,6)16-13/h11H,1,7-9H2,2-6H3. The van der Waals surface area contributed by atoms with Crippen molar-refractivity contribution in [2.75, 3.05) is 0 Å². The van der Waals surface area contributed by atoms with Crippen LogP contribution in [0.25, 0.3) is 0 Å². The molecule has 1 rings (SSSR count). The van der Waals surface area contributed by atoms with Crippen molar-refractivity contribution in [1.29, 1.82) is 0 Å². The van der Waals surface area contributed by atoms with E-state index >= 15 is 0 Å². The Morgan fingerprint density at radius 1 is 1.53 bits per heavy atom. The highest BCUT2D eigenvalue weighted by Gasteiger charge is 2.43. The molecule has 3 nitrogen and oxygen atoms in total. The first kappa shape index (κ1) is 14.4. The molecule has 2 unspecified atom stereocenters. The van der Waals surface area contributed by atoms with Crippen LogP contribution in [0, 0.1) is 0 Å². The molecule has 0 aromatic heterocycles. The van der Waals surface area contributed by atoms with Gasteiger partial charge in [-0.25, -0.2) is 4.79 Å². The maximum Gasteiger partial charge on any atom is 0.333 e. The molecule has 17 heavy (non-hydrogen) atoms. The van der Waals surface area contributed by atoms with Gasteiger partial charge in [-0.3, -0.25) is 0 Å². The van der Waals surface area contributed by atoms with Crippen LogP contribution in [0.3, 0.4) is 0 Å². The maximum absolute atomic E-state index is 11.5. The van der Waals surface area contributed by atoms with Gasteiger partial charge in [0.1, 0.15) is 6.10 Å². The predicted octanol–water partition coefficient (Wildman–Crippen LogP) is 3.27. The lowest BCUT2D eigenvalue weighted by Crippen LogP contribution is -2.53. The van der Waals surface area contributed by atoms with Crippen molar-refractivity contribution in [3.8, 4) is 0 Å². The number of hydrogen-bond donors (Lipinski definition) is 0. The average Bonchev–Trinajstić information content (AvgIpc) is 2.15. The van der Waals surface area contributed by atoms with Crippen LogP contribution >= 0.6 is 0 Å². The second kappa shape index (κ2) is 4.94. The zero-order valence-electron chi connectivity index (χ0n) is 11.6. The first-order valence-corrected chi connectivity index (χ1v) is 9.34. The molecule has 0 aromatic carbocycles. The summed E-state index contributed by atoms with van der Waals surface area (Å²) in [5.74, 6) is -0.327. The van der Waals surface area contributed by atoms with Crippen molar-refractivity contribution in [3.63, 3.8) is 0 Å². The van der Waals surface area contributed by atoms with Gasteiger partial charge in [-0.15, -0.1) is 0 Å². The molecule has 0 bridgehead atoms. The summed E-state index contributed by atoms with van der Waals surface area (Å²) in [6.07, 6.45) is 1.89. The fourth-order valence-corrected chi connectivity index (χ4v) is 4.93. The minimum atomic E-state index is -1.58. The van der Waals surface area contributed by atoms with E-state index in [1.807, 2.05) is 6.92 Å². The van der Waals surface area contributed by atoms with Crippen molar-refractivity contribution in [1.82, 2.24) is 0 Å². The van der Waals surface area contributed by atoms with Gasteiger partial charge in [0.05, 0.1) is 5.60 Å². The van der Waals surface area contributed by atoms with Gasteiger partial charge in [-0.1, -0.05) is 13.0 Å². The molecule has 1 aliphatic heterocycles. The van der Waals surface area contributed by atoms with Crippen molar-refractivity contribution in [2.45, 2.75) is 64.5 Å². The third-order valence-electron chi connectivity index (χ3n) is 3.45. The first-order chi connectivity index (χ1) is 7.66. The zero-order chi connectivity index (χ0) is 13.3. The molecule has 0 radical (unpaired) electrons. The molecule has 0 amide bonds. The summed E-state index contributed by atoms with van der Waals surface area (Å²) in [7, 11) is -1.58. The van der Waals surface area contributed by atoms with Gasteiger partial charge >= 0.3 is 5.97 Å². The van der Waals surface area contributed by atoms with Crippen molar-refractivity contribution < 1.29 is 14.0 Å². The largest absolute Gasteiger partial charge is 0.456 e. The Balaban J connectivity index is 2.69. The fourth-order valence-electron chi connectivity index (χ4n) is 2.27. The molecule has 0 aliphatic carbocycles. The Bertz CT molecular complexity index is 325. The van der Waals surface area contributed by atoms with Gasteiger partial charge < -0.3 is 9.16 Å². The van der Waals surface area contributed by atoms with Crippen molar-refractivity contribution in [2.24, 2.45) is 0 Å². The van der Waals surface area contributed by atoms with Gasteiger partial charge in [-0.05, 0) is 46.3 Å². The third-order valence-corrected chi connectivity index (χ3v) is 6.03. The summed E-state index contributed by atoms with van der Waals surface area (Å²) in [4.78, 5) is 11.5. The highest BCUT2D eigenvalue weighted by atomic mass is 28.4. The van der Waals surface area contributed by atoms with Crippen LogP contribution in [-0.2, 0) is 14.0 Å². The lowest BCUT2D eigenvalue weighted by atomic mass is 9.94. The number of ether oxygens (including phenoxy) is 1. The average molecular weight is 256 g/mol. The smallest absolute Gasteiger partial charge is 0.333 e. The molecular weight excluding hydrogens is 232 g/mol. The van der Waals surface area contributed by atoms with Gasteiger partial charge in [0.2, 0.25) is 0 Å². The minimum Gasteiger partial charge on any atom is -0.456 e. The van der Waals surface area contributed by atoms with Crippen molar-refractivity contribution in [3.05, 3.63) is 12.2 Å². The summed E-state index contributed by atoms with van der Waals surface area (Å²) in [5, 5.41) is 0. The second-order valence-corrected chi connectivity index (χ2v) is 10.1. The van der Waals surface area contributed by atoms with Crippen LogP contribution in [0.5, 0.6) is 0 Å². The molecule has 0 saturated carbocycles. The van der Waals surface area contributed by atoms with Gasteiger partial charge in [0.15, 0.2) is 8.32 Å². The van der Waals surface area contributed by atoms with E-state index in [1.165, 1.54) is 6.04 Å². The van der Waals surface area contributed by atoms with E-state index in [9.17, 15) is 4.79 Å². The Morgan fingerprint density at radius 3 is 2.59 bits per heavy atom. The normalized spacial score (nSPS) is 29.5. The predicted molar refractivity (Wildman–Crippen MR) is 71.4 cm³/mol. The lowest BCUT2D eigenvalue weighted by molar-refractivity contribution is -0.156. The Morgan fingerprint density at radius 2 is 2.12 bits per heavy atom. The van der Waals surface area contributed by atoms with E-state index in [1.54, 1.807) is 6.92 Å². The van der Waals surface area contributed by atoms with Gasteiger partial charge in [0, 0.05) is 5.57 Å². The summed E-state index contributed by atoms with van der Waals surface area (Å²) >= 11 is 0. The number of esters is 1. The molecule has 98 valence electrons. The van der Waals surface area contributed by atoms with E-state index in [0.717, 1.165) is 12.8 Å². The van der Waals surface area contributed by atoms with Crippen LogP contribution in [0.4, 0.5) is 0 Å². The highest BCUT2D eigenvalue weighted by molar-refractivity contribution is 6.71. The van der Waals surface area contributed by atoms with E-state index in [-0.39, 0.29) is 17.7 Å². The summed E-state index contributed by atoms with van der Waals surface area (Å²) in [5.41, 5.74) is 0.104. The second-order valence-electron chi connectivity index (χ2n) is 5.86. The Kier molecular flexibility index (Phi) is 4.20. The van der Waals surface area contributed by atoms with E-state index < -0.39 is 8.32 Å². The Hall–Kier alpha value is -0.613. The van der Waals surface area contributed by atoms with Crippen LogP contribution in [0.15, 0.2) is 12.2 Å². The van der Waals surface area contributed by atoms with Crippen LogP contribution in [0.2, 0.25) is 19.1 Å². The molecule has 4 heteroatoms. The summed E-state index contributed by atoms with van der Waals surface area (Å²) < 4.78 is 11.6. The van der Waals surface area contributed by atoms with Crippen molar-refractivity contribution >= 4 is 14.3 Å². The third kappa shape index (κ3) is 3.68. The highest BCUT2D eigenvalue weighted by Crippen LogP contribution is 2.36. The van der Waals surface area contributed by atoms with Gasteiger partial charge in [-0.2, -0.15) is 0 Å². The van der Waals surface area contributed by atoms with Gasteiger partial charge in [0.25, 0.3) is 0 Å². The maximum atomic E-state index is 11.5. The number of carbonyl (C=O) groups is 1. The van der Waals surface area contributed by atoms with E-state index in [2.05, 4.69) is 26.6 Å². The van der Waals surface area contributed by atoms with Crippen LogP contribution < -0.4 is 0 Å². The molecule has 0 N–H and O–H groups in total. The lowest BCUT2D eigenvalue weighted by Gasteiger charge is -2.45. The minimum absolute atomic E-state index is 0.223. The molecule has 1 fully saturated rings. The Labute approximate surface area is 105 Å². The zero-order valence-corrected chi connectivity index (χ0v) is 12.6. The summed E-state index contributed by atoms with van der Waals surface area (Å²) in [6, 6.07) is 1.18. The van der Waals surface area contributed by atoms with Crippen LogP contribution in [0.1, 0.15) is 33.6 Å². The number of carbonyl (C=O) groups excluding carboxylic acids is 1. The quantitative estimate of drug-likeness (QED) is 0.442.